The number of aromatic amines is 1. The number of hydrogen-bond donors (Lipinski definition) is 3. The Balaban J connectivity index is 0.000000242. The number of nitrogens with zero attached hydrogens (tertiary/aromatic N) is 7. The van der Waals surface area contributed by atoms with E-state index in [0.29, 0.717) is 11.8 Å². The number of aromatic nitrogens is 5. The van der Waals surface area contributed by atoms with Crippen molar-refractivity contribution in [3.8, 4) is 22.6 Å². The van der Waals surface area contributed by atoms with E-state index in [2.05, 4.69) is 57.9 Å². The molecule has 3 aromatic heterocycles. The van der Waals surface area contributed by atoms with Crippen molar-refractivity contribution in [2.45, 2.75) is 32.9 Å². The van der Waals surface area contributed by atoms with E-state index in [9.17, 15) is 4.79 Å². The van der Waals surface area contributed by atoms with Crippen LogP contribution in [0.2, 0.25) is 0 Å². The Kier molecular flexibility index (Phi) is 11.8. The third-order valence-electron chi connectivity index (χ3n) is 9.33. The number of nitrogen functional groups attached to an aromatic ring is 1. The number of pyridine rings is 1. The van der Waals surface area contributed by atoms with Crippen LogP contribution in [0.4, 0.5) is 20.5 Å². The van der Waals surface area contributed by atoms with Crippen LogP contribution in [-0.2, 0) is 13.1 Å². The zero-order valence-electron chi connectivity index (χ0n) is 29.7. The van der Waals surface area contributed by atoms with Gasteiger partial charge in [-0.1, -0.05) is 19.1 Å². The molecule has 5 aromatic rings. The lowest BCUT2D eigenvalue weighted by molar-refractivity contribution is 0.102. The van der Waals surface area contributed by atoms with Gasteiger partial charge in [-0.3, -0.25) is 29.9 Å². The van der Waals surface area contributed by atoms with Crippen LogP contribution in [0.15, 0.2) is 55.1 Å². The van der Waals surface area contributed by atoms with E-state index in [1.54, 1.807) is 6.20 Å². The first-order valence-electron chi connectivity index (χ1n) is 17.3. The number of methoxy groups -OCH3 is 2. The summed E-state index contributed by atoms with van der Waals surface area (Å²) in [7, 11) is 2.55. The topological polar surface area (TPSA) is 151 Å². The minimum absolute atomic E-state index is 0.104. The van der Waals surface area contributed by atoms with Crippen LogP contribution in [0.1, 0.15) is 41.4 Å². The maximum absolute atomic E-state index is 15.2. The summed E-state index contributed by atoms with van der Waals surface area (Å²) < 4.78 is 40.5. The minimum Gasteiger partial charge on any atom is -0.494 e. The van der Waals surface area contributed by atoms with E-state index in [1.807, 2.05) is 12.3 Å². The van der Waals surface area contributed by atoms with Gasteiger partial charge in [-0.05, 0) is 50.2 Å². The predicted octanol–water partition coefficient (Wildman–Crippen LogP) is 4.96. The summed E-state index contributed by atoms with van der Waals surface area (Å²) in [6.07, 6.45) is 8.72. The number of likely N-dealkylation sites (N-methyl/N-ethyl adjacent to an activating group) is 1. The Morgan fingerprint density at radius 3 is 2.12 bits per heavy atom. The average Bonchev–Trinajstić information content (AvgIpc) is 3.85. The Hall–Kier alpha value is -5.25. The number of hydrogen-bond acceptors (Lipinski definition) is 11. The molecule has 5 heterocycles. The molecule has 0 atom stereocenters. The molecule has 52 heavy (non-hydrogen) atoms. The van der Waals surface area contributed by atoms with Crippen molar-refractivity contribution in [2.75, 3.05) is 71.1 Å². The fourth-order valence-electron chi connectivity index (χ4n) is 6.47. The highest BCUT2D eigenvalue weighted by molar-refractivity contribution is 6.13. The third kappa shape index (κ3) is 8.44. The lowest BCUT2D eigenvalue weighted by Gasteiger charge is -2.33. The van der Waals surface area contributed by atoms with Crippen molar-refractivity contribution in [3.05, 3.63) is 83.6 Å². The van der Waals surface area contributed by atoms with Crippen molar-refractivity contribution in [3.63, 3.8) is 0 Å². The molecule has 7 rings (SSSR count). The molecule has 2 fully saturated rings. The Bertz CT molecular complexity index is 1950. The van der Waals surface area contributed by atoms with Crippen molar-refractivity contribution in [1.29, 1.82) is 0 Å². The van der Waals surface area contributed by atoms with Gasteiger partial charge in [0, 0.05) is 69.5 Å². The van der Waals surface area contributed by atoms with Crippen LogP contribution in [0, 0.1) is 11.6 Å². The number of fused-ring (bicyclic) bond motifs is 1. The number of nitrogens with two attached hydrogens (primary N) is 1. The van der Waals surface area contributed by atoms with Gasteiger partial charge in [-0.15, -0.1) is 0 Å². The number of H-pyrrole nitrogens is 1. The lowest BCUT2D eigenvalue weighted by Crippen LogP contribution is -2.45. The molecule has 0 unspecified atom stereocenters. The first kappa shape index (κ1) is 36.5. The molecule has 2 aliphatic rings. The number of amides is 1. The van der Waals surface area contributed by atoms with Crippen LogP contribution in [0.5, 0.6) is 11.5 Å². The van der Waals surface area contributed by atoms with Gasteiger partial charge in [0.1, 0.15) is 11.3 Å². The third-order valence-corrected chi connectivity index (χ3v) is 9.33. The maximum Gasteiger partial charge on any atom is 0.260 e. The summed E-state index contributed by atoms with van der Waals surface area (Å²) in [5, 5.41) is 2.73. The zero-order chi connectivity index (χ0) is 36.6. The molecule has 0 aliphatic carbocycles. The Morgan fingerprint density at radius 2 is 1.48 bits per heavy atom. The van der Waals surface area contributed by atoms with E-state index in [0.717, 1.165) is 57.6 Å². The molecule has 0 spiro atoms. The van der Waals surface area contributed by atoms with E-state index in [1.165, 1.54) is 70.2 Å². The molecular formula is C37H44F2N10O3. The molecular weight excluding hydrogens is 670 g/mol. The standard InChI is InChI=1S/C25H24F2N6O3.C12H20N4/c1-35-17-11-18(36-2)21(27)19(20(17)26)15-5-6-16(23-22(15)28-7-8-29-23)24(34)32-25-30-12-14(31-25)13-33-9-3-4-10-33;1-2-15-5-7-16(8-6-15)10-11-3-4-12(13)14-9-11/h5-8,11-12H,3-4,9-10,13H2,1-2H3,(H2,30,31,32,34);3-4,9H,2,5-8,10H2,1H3,(H2,13,14). The molecule has 13 nitrogen and oxygen atoms in total. The minimum atomic E-state index is -0.916. The molecule has 2 saturated heterocycles. The summed E-state index contributed by atoms with van der Waals surface area (Å²) in [5.41, 5.74) is 7.92. The van der Waals surface area contributed by atoms with Gasteiger partial charge in [-0.2, -0.15) is 0 Å². The van der Waals surface area contributed by atoms with Crippen molar-refractivity contribution in [1.82, 2.24) is 39.6 Å². The highest BCUT2D eigenvalue weighted by Crippen LogP contribution is 2.40. The van der Waals surface area contributed by atoms with Crippen LogP contribution in [0.3, 0.4) is 0 Å². The summed E-state index contributed by atoms with van der Waals surface area (Å²) in [5.74, 6) is -1.81. The number of ether oxygens (including phenoxy) is 2. The largest absolute Gasteiger partial charge is 0.494 e. The molecule has 0 saturated carbocycles. The number of anilines is 2. The highest BCUT2D eigenvalue weighted by atomic mass is 19.1. The molecule has 4 N–H and O–H groups in total. The summed E-state index contributed by atoms with van der Waals surface area (Å²) >= 11 is 0. The van der Waals surface area contributed by atoms with Gasteiger partial charge in [-0.25, -0.2) is 18.7 Å². The maximum atomic E-state index is 15.2. The monoisotopic (exact) mass is 714 g/mol. The number of halogens is 2. The Morgan fingerprint density at radius 1 is 0.827 bits per heavy atom. The van der Waals surface area contributed by atoms with Crippen LogP contribution >= 0.6 is 0 Å². The quantitative estimate of drug-likeness (QED) is 0.180. The number of benzene rings is 2. The lowest BCUT2D eigenvalue weighted by atomic mass is 9.99. The number of piperazine rings is 1. The molecule has 274 valence electrons. The van der Waals surface area contributed by atoms with Crippen molar-refractivity contribution >= 4 is 28.7 Å². The number of carbonyl (C=O) groups excluding carboxylic acids is 1. The van der Waals surface area contributed by atoms with Gasteiger partial charge >= 0.3 is 0 Å². The normalized spacial score (nSPS) is 15.3. The van der Waals surface area contributed by atoms with E-state index in [4.69, 9.17) is 15.2 Å². The first-order chi connectivity index (χ1) is 25.3. The summed E-state index contributed by atoms with van der Waals surface area (Å²) in [4.78, 5) is 40.4. The summed E-state index contributed by atoms with van der Waals surface area (Å²) in [6, 6.07) is 7.94. The molecule has 0 radical (unpaired) electrons. The molecule has 2 aliphatic heterocycles. The smallest absolute Gasteiger partial charge is 0.260 e. The second-order valence-corrected chi connectivity index (χ2v) is 12.7. The van der Waals surface area contributed by atoms with Gasteiger partial charge in [0.2, 0.25) is 5.95 Å². The van der Waals surface area contributed by atoms with Gasteiger partial charge in [0.15, 0.2) is 23.1 Å². The van der Waals surface area contributed by atoms with Crippen molar-refractivity contribution in [2.24, 2.45) is 0 Å². The fourth-order valence-corrected chi connectivity index (χ4v) is 6.47. The van der Waals surface area contributed by atoms with E-state index < -0.39 is 17.5 Å². The Labute approximate surface area is 301 Å². The van der Waals surface area contributed by atoms with Crippen LogP contribution < -0.4 is 20.5 Å². The van der Waals surface area contributed by atoms with Gasteiger partial charge < -0.3 is 25.1 Å². The summed E-state index contributed by atoms with van der Waals surface area (Å²) in [6.45, 7) is 11.8. The number of carbonyl (C=O) groups is 1. The number of likely N-dealkylation sites (tertiary alicyclic amines) is 1. The fraction of sp³-hybridized carbons (Fsp3) is 0.378. The predicted molar refractivity (Wildman–Crippen MR) is 195 cm³/mol. The highest BCUT2D eigenvalue weighted by Gasteiger charge is 2.25. The number of nitrogens with one attached hydrogen (secondary N) is 2. The first-order valence-corrected chi connectivity index (χ1v) is 17.3. The van der Waals surface area contributed by atoms with Crippen molar-refractivity contribution < 1.29 is 23.0 Å². The molecule has 2 aromatic carbocycles. The van der Waals surface area contributed by atoms with E-state index >= 15 is 8.78 Å². The van der Waals surface area contributed by atoms with Gasteiger partial charge in [0.05, 0.1) is 42.8 Å². The molecule has 1 amide bonds. The molecule has 0 bridgehead atoms. The molecule has 15 heteroatoms. The zero-order valence-corrected chi connectivity index (χ0v) is 29.7. The average molecular weight is 715 g/mol. The van der Waals surface area contributed by atoms with E-state index in [-0.39, 0.29) is 39.2 Å². The second kappa shape index (κ2) is 16.8. The SMILES string of the molecule is CCN1CCN(Cc2ccc(N)nc2)CC1.COc1cc(OC)c(F)c(-c2ccc(C(=O)Nc3ncc(CN4CCCC4)[nH]3)c3nccnc23)c1F. The number of imidazole rings is 1. The van der Waals surface area contributed by atoms with Gasteiger partial charge in [0.25, 0.3) is 5.91 Å². The van der Waals surface area contributed by atoms with Crippen LogP contribution in [-0.4, -0.2) is 106 Å². The number of rotatable bonds is 10. The van der Waals surface area contributed by atoms with Crippen LogP contribution in [0.25, 0.3) is 22.2 Å². The second-order valence-electron chi connectivity index (χ2n) is 12.7.